The van der Waals surface area contributed by atoms with Crippen LogP contribution < -0.4 is 11.2 Å². The first-order valence-corrected chi connectivity index (χ1v) is 5.47. The van der Waals surface area contributed by atoms with E-state index in [0.717, 1.165) is 9.25 Å². The molecule has 104 valence electrons. The Morgan fingerprint density at radius 2 is 2.00 bits per heavy atom. The van der Waals surface area contributed by atoms with E-state index in [4.69, 9.17) is 4.42 Å². The molecule has 2 heterocycles. The van der Waals surface area contributed by atoms with Crippen molar-refractivity contribution in [1.82, 2.24) is 14.3 Å². The van der Waals surface area contributed by atoms with Crippen LogP contribution in [-0.2, 0) is 14.1 Å². The Labute approximate surface area is 111 Å². The molecule has 2 aromatic heterocycles. The van der Waals surface area contributed by atoms with E-state index < -0.39 is 22.1 Å². The molecule has 0 aliphatic heterocycles. The molecule has 0 aliphatic rings. The van der Waals surface area contributed by atoms with Crippen LogP contribution in [0.2, 0.25) is 0 Å². The zero-order valence-corrected chi connectivity index (χ0v) is 10.6. The lowest BCUT2D eigenvalue weighted by Gasteiger charge is -2.01. The number of aryl methyl sites for hydroxylation is 1. The minimum atomic E-state index is -0.666. The molecule has 0 fully saturated rings. The van der Waals surface area contributed by atoms with E-state index >= 15 is 0 Å². The number of nitrogens with zero attached hydrogens (tertiary/aromatic N) is 4. The van der Waals surface area contributed by atoms with Crippen LogP contribution in [0, 0.1) is 10.1 Å². The summed E-state index contributed by atoms with van der Waals surface area (Å²) in [5.74, 6) is -0.194. The quantitative estimate of drug-likeness (QED) is 0.583. The maximum atomic E-state index is 11.8. The van der Waals surface area contributed by atoms with Crippen LogP contribution in [0.4, 0.5) is 5.88 Å². The fourth-order valence-corrected chi connectivity index (χ4v) is 1.52. The second-order valence-corrected chi connectivity index (χ2v) is 3.92. The molecule has 0 saturated heterocycles. The van der Waals surface area contributed by atoms with Crippen molar-refractivity contribution in [2.24, 2.45) is 14.1 Å². The summed E-state index contributed by atoms with van der Waals surface area (Å²) in [6.45, 7) is 0. The van der Waals surface area contributed by atoms with E-state index in [1.807, 2.05) is 0 Å². The third-order valence-corrected chi connectivity index (χ3v) is 2.54. The topological polar surface area (TPSA) is 113 Å². The molecule has 0 spiro atoms. The van der Waals surface area contributed by atoms with Crippen LogP contribution in [-0.4, -0.2) is 19.3 Å². The van der Waals surface area contributed by atoms with Crippen LogP contribution in [0.1, 0.15) is 11.5 Å². The summed E-state index contributed by atoms with van der Waals surface area (Å²) in [5, 5.41) is 14.3. The van der Waals surface area contributed by atoms with Gasteiger partial charge < -0.3 is 4.42 Å². The first kappa shape index (κ1) is 13.5. The van der Waals surface area contributed by atoms with Crippen molar-refractivity contribution in [3.8, 4) is 0 Å². The number of hydrogen-bond donors (Lipinski definition) is 0. The fraction of sp³-hybridized carbons (Fsp3) is 0.182. The Morgan fingerprint density at radius 1 is 1.30 bits per heavy atom. The highest BCUT2D eigenvalue weighted by Gasteiger charge is 2.10. The van der Waals surface area contributed by atoms with Crippen molar-refractivity contribution in [3.05, 3.63) is 54.5 Å². The van der Waals surface area contributed by atoms with Crippen molar-refractivity contribution < 1.29 is 9.34 Å². The van der Waals surface area contributed by atoms with E-state index in [2.05, 4.69) is 5.10 Å². The molecule has 2 rings (SSSR count). The van der Waals surface area contributed by atoms with Crippen LogP contribution in [0.25, 0.3) is 12.2 Å². The van der Waals surface area contributed by atoms with Gasteiger partial charge in [-0.1, -0.05) is 0 Å². The summed E-state index contributed by atoms with van der Waals surface area (Å²) in [6.07, 6.45) is 2.69. The smallest absolute Gasteiger partial charge is 0.401 e. The van der Waals surface area contributed by atoms with Crippen molar-refractivity contribution in [2.45, 2.75) is 0 Å². The second kappa shape index (κ2) is 4.96. The van der Waals surface area contributed by atoms with Gasteiger partial charge in [0.15, 0.2) is 0 Å². The summed E-state index contributed by atoms with van der Waals surface area (Å²) in [7, 11) is 2.75. The van der Waals surface area contributed by atoms with Gasteiger partial charge in [-0.05, 0) is 18.2 Å². The van der Waals surface area contributed by atoms with Crippen LogP contribution in [0.15, 0.2) is 26.1 Å². The van der Waals surface area contributed by atoms with Gasteiger partial charge in [-0.3, -0.25) is 19.5 Å². The minimum absolute atomic E-state index is 0.0219. The van der Waals surface area contributed by atoms with Gasteiger partial charge in [-0.25, -0.2) is 9.48 Å². The first-order chi connectivity index (χ1) is 9.40. The molecular formula is C11H10N4O5. The largest absolute Gasteiger partial charge is 0.433 e. The molecule has 0 unspecified atom stereocenters. The van der Waals surface area contributed by atoms with Gasteiger partial charge in [0.1, 0.15) is 16.4 Å². The predicted octanol–water partition coefficient (Wildman–Crippen LogP) is 0.151. The second-order valence-electron chi connectivity index (χ2n) is 3.92. The van der Waals surface area contributed by atoms with Gasteiger partial charge in [-0.15, -0.1) is 0 Å². The molecule has 0 aromatic carbocycles. The lowest BCUT2D eigenvalue weighted by Crippen LogP contribution is -2.39. The van der Waals surface area contributed by atoms with Crippen LogP contribution in [0.3, 0.4) is 0 Å². The molecule has 0 aliphatic carbocycles. The molecular weight excluding hydrogens is 268 g/mol. The monoisotopic (exact) mass is 278 g/mol. The molecule has 0 radical (unpaired) electrons. The Kier molecular flexibility index (Phi) is 3.34. The van der Waals surface area contributed by atoms with Crippen LogP contribution >= 0.6 is 0 Å². The Bertz CT molecular complexity index is 811. The third kappa shape index (κ3) is 2.41. The molecule has 0 N–H and O–H groups in total. The molecule has 0 saturated carbocycles. The Balaban J connectivity index is 2.39. The van der Waals surface area contributed by atoms with Gasteiger partial charge in [-0.2, -0.15) is 5.10 Å². The zero-order chi connectivity index (χ0) is 14.9. The lowest BCUT2D eigenvalue weighted by molar-refractivity contribution is -0.402. The molecule has 2 aromatic rings. The van der Waals surface area contributed by atoms with Crippen molar-refractivity contribution in [1.29, 1.82) is 0 Å². The highest BCUT2D eigenvalue weighted by molar-refractivity contribution is 5.65. The van der Waals surface area contributed by atoms with Crippen molar-refractivity contribution in [3.63, 3.8) is 0 Å². The van der Waals surface area contributed by atoms with E-state index in [9.17, 15) is 19.7 Å². The van der Waals surface area contributed by atoms with Gasteiger partial charge in [0, 0.05) is 14.1 Å². The third-order valence-electron chi connectivity index (χ3n) is 2.54. The summed E-state index contributed by atoms with van der Waals surface area (Å²) in [5.41, 5.74) is -1.08. The van der Waals surface area contributed by atoms with Crippen molar-refractivity contribution in [2.75, 3.05) is 0 Å². The van der Waals surface area contributed by atoms with Gasteiger partial charge >= 0.3 is 11.6 Å². The normalized spacial score (nSPS) is 11.1. The molecule has 0 amide bonds. The number of aromatic nitrogens is 3. The number of rotatable bonds is 3. The van der Waals surface area contributed by atoms with Gasteiger partial charge in [0.25, 0.3) is 5.56 Å². The molecule has 9 nitrogen and oxygen atoms in total. The molecule has 0 atom stereocenters. The van der Waals surface area contributed by atoms with E-state index in [0.29, 0.717) is 0 Å². The van der Waals surface area contributed by atoms with E-state index in [-0.39, 0.29) is 11.5 Å². The zero-order valence-electron chi connectivity index (χ0n) is 10.6. The lowest BCUT2D eigenvalue weighted by atomic mass is 10.3. The SMILES string of the molecule is Cn1nc(/C=C/c2ccc([N+](=O)[O-])o2)c(=O)n(C)c1=O. The predicted molar refractivity (Wildman–Crippen MR) is 69.0 cm³/mol. The number of nitro groups is 1. The van der Waals surface area contributed by atoms with Gasteiger partial charge in [0.2, 0.25) is 0 Å². The van der Waals surface area contributed by atoms with E-state index in [1.165, 1.54) is 38.4 Å². The highest BCUT2D eigenvalue weighted by Crippen LogP contribution is 2.16. The summed E-state index contributed by atoms with van der Waals surface area (Å²) in [4.78, 5) is 33.0. The summed E-state index contributed by atoms with van der Waals surface area (Å²) >= 11 is 0. The van der Waals surface area contributed by atoms with Crippen molar-refractivity contribution >= 4 is 18.0 Å². The number of furan rings is 1. The maximum Gasteiger partial charge on any atom is 0.433 e. The molecule has 20 heavy (non-hydrogen) atoms. The first-order valence-electron chi connectivity index (χ1n) is 5.47. The van der Waals surface area contributed by atoms with E-state index in [1.54, 1.807) is 0 Å². The van der Waals surface area contributed by atoms with Gasteiger partial charge in [0.05, 0.1) is 6.07 Å². The molecule has 9 heteroatoms. The average molecular weight is 278 g/mol. The fourth-order valence-electron chi connectivity index (χ4n) is 1.52. The minimum Gasteiger partial charge on any atom is -0.401 e. The average Bonchev–Trinajstić information content (AvgIpc) is 2.88. The Morgan fingerprint density at radius 3 is 2.60 bits per heavy atom. The number of hydrogen-bond acceptors (Lipinski definition) is 6. The highest BCUT2D eigenvalue weighted by atomic mass is 16.6. The Hall–Kier alpha value is -2.97. The summed E-state index contributed by atoms with van der Waals surface area (Å²) in [6, 6.07) is 2.59. The molecule has 0 bridgehead atoms. The standard InChI is InChI=1S/C11H10N4O5/c1-13-10(16)8(12-14(2)11(13)17)5-3-7-4-6-9(20-7)15(18)19/h3-6H,1-2H3/b5-3+. The maximum absolute atomic E-state index is 11.8. The van der Waals surface area contributed by atoms with Crippen LogP contribution in [0.5, 0.6) is 0 Å². The summed E-state index contributed by atoms with van der Waals surface area (Å²) < 4.78 is 6.83.